The number of hydrogen-bond acceptors (Lipinski definition) is 2. The summed E-state index contributed by atoms with van der Waals surface area (Å²) in [5.74, 6) is 0.504. The van der Waals surface area contributed by atoms with Gasteiger partial charge in [-0.3, -0.25) is 9.59 Å². The normalized spacial score (nSPS) is 20.4. The van der Waals surface area contributed by atoms with E-state index < -0.39 is 0 Å². The van der Waals surface area contributed by atoms with Crippen molar-refractivity contribution in [3.05, 3.63) is 35.9 Å². The Kier molecular flexibility index (Phi) is 7.80. The Bertz CT molecular complexity index is 508. The molecule has 0 atom stereocenters. The van der Waals surface area contributed by atoms with Gasteiger partial charge in [-0.2, -0.15) is 0 Å². The van der Waals surface area contributed by atoms with Crippen LogP contribution in [0.1, 0.15) is 51.0 Å². The molecule has 0 aromatic heterocycles. The summed E-state index contributed by atoms with van der Waals surface area (Å²) in [7, 11) is 0. The summed E-state index contributed by atoms with van der Waals surface area (Å²) in [6.07, 6.45) is 6.24. The summed E-state index contributed by atoms with van der Waals surface area (Å²) in [4.78, 5) is 24.2. The average Bonchev–Trinajstić information content (AvgIpc) is 2.64. The third kappa shape index (κ3) is 5.99. The summed E-state index contributed by atoms with van der Waals surface area (Å²) in [5, 5.41) is 6.03. The molecule has 24 heavy (non-hydrogen) atoms. The third-order valence-corrected chi connectivity index (χ3v) is 4.80. The fourth-order valence-corrected chi connectivity index (χ4v) is 3.30. The molecule has 1 aliphatic rings. The lowest BCUT2D eigenvalue weighted by molar-refractivity contribution is -0.130. The van der Waals surface area contributed by atoms with Crippen LogP contribution in [-0.4, -0.2) is 24.9 Å². The maximum atomic E-state index is 12.2. The molecule has 0 bridgehead atoms. The zero-order valence-electron chi connectivity index (χ0n) is 14.7. The van der Waals surface area contributed by atoms with E-state index in [0.717, 1.165) is 58.0 Å². The van der Waals surface area contributed by atoms with Crippen LogP contribution in [0.25, 0.3) is 0 Å². The van der Waals surface area contributed by atoms with E-state index in [1.54, 1.807) is 0 Å². The topological polar surface area (TPSA) is 58.2 Å². The molecule has 2 N–H and O–H groups in total. The highest BCUT2D eigenvalue weighted by Gasteiger charge is 2.29. The molecule has 0 radical (unpaired) electrons. The molecule has 2 amide bonds. The van der Waals surface area contributed by atoms with Gasteiger partial charge < -0.3 is 10.6 Å². The summed E-state index contributed by atoms with van der Waals surface area (Å²) in [6, 6.07) is 10.3. The van der Waals surface area contributed by atoms with Gasteiger partial charge >= 0.3 is 0 Å². The number of carbonyl (C=O) groups excluding carboxylic acids is 2. The van der Waals surface area contributed by atoms with Gasteiger partial charge in [-0.05, 0) is 50.5 Å². The molecule has 0 heterocycles. The Morgan fingerprint density at radius 1 is 0.917 bits per heavy atom. The maximum absolute atomic E-state index is 12.2. The van der Waals surface area contributed by atoms with Crippen molar-refractivity contribution >= 4 is 11.8 Å². The average molecular weight is 330 g/mol. The van der Waals surface area contributed by atoms with Crippen molar-refractivity contribution in [1.82, 2.24) is 10.6 Å². The van der Waals surface area contributed by atoms with E-state index in [0.29, 0.717) is 0 Å². The smallest absolute Gasteiger partial charge is 0.223 e. The molecule has 0 unspecified atom stereocenters. The molecule has 4 heteroatoms. The molecule has 132 valence electrons. The molecule has 0 saturated heterocycles. The Hall–Kier alpha value is -1.84. The second-order valence-corrected chi connectivity index (χ2v) is 6.72. The Morgan fingerprint density at radius 2 is 1.46 bits per heavy atom. The van der Waals surface area contributed by atoms with Gasteiger partial charge in [0.05, 0.1) is 0 Å². The van der Waals surface area contributed by atoms with E-state index in [2.05, 4.69) is 29.7 Å². The van der Waals surface area contributed by atoms with Crippen molar-refractivity contribution in [1.29, 1.82) is 0 Å². The van der Waals surface area contributed by atoms with Crippen LogP contribution in [0.3, 0.4) is 0 Å². The zero-order chi connectivity index (χ0) is 17.2. The van der Waals surface area contributed by atoms with Gasteiger partial charge in [0, 0.05) is 24.9 Å². The van der Waals surface area contributed by atoms with Gasteiger partial charge in [0.25, 0.3) is 0 Å². The van der Waals surface area contributed by atoms with Crippen LogP contribution >= 0.6 is 0 Å². The monoisotopic (exact) mass is 330 g/mol. The third-order valence-electron chi connectivity index (χ3n) is 4.80. The van der Waals surface area contributed by atoms with E-state index in [4.69, 9.17) is 0 Å². The fraction of sp³-hybridized carbons (Fsp3) is 0.600. The molecule has 4 nitrogen and oxygen atoms in total. The van der Waals surface area contributed by atoms with Crippen molar-refractivity contribution in [2.24, 2.45) is 11.8 Å². The number of carbonyl (C=O) groups is 2. The standard InChI is InChI=1S/C20H30N2O2/c1-2-14-21-19(23)17-10-12-18(13-11-17)20(24)22-15-6-9-16-7-4-3-5-8-16/h3-5,7-8,17-18H,2,6,9-15H2,1H3,(H,21,23)(H,22,24). The highest BCUT2D eigenvalue weighted by Crippen LogP contribution is 2.29. The molecule has 1 aliphatic carbocycles. The largest absolute Gasteiger partial charge is 0.356 e. The lowest BCUT2D eigenvalue weighted by atomic mass is 9.81. The summed E-state index contributed by atoms with van der Waals surface area (Å²) in [5.41, 5.74) is 1.31. The minimum atomic E-state index is 0.0805. The van der Waals surface area contributed by atoms with Crippen molar-refractivity contribution in [2.75, 3.05) is 13.1 Å². The van der Waals surface area contributed by atoms with Gasteiger partial charge in [0.15, 0.2) is 0 Å². The Balaban J connectivity index is 1.61. The van der Waals surface area contributed by atoms with Crippen molar-refractivity contribution in [3.63, 3.8) is 0 Å². The molecule has 0 spiro atoms. The minimum absolute atomic E-state index is 0.0805. The molecule has 1 aromatic carbocycles. The van der Waals surface area contributed by atoms with E-state index in [1.807, 2.05) is 18.2 Å². The highest BCUT2D eigenvalue weighted by molar-refractivity contribution is 5.81. The summed E-state index contributed by atoms with van der Waals surface area (Å²) >= 11 is 0. The first-order valence-corrected chi connectivity index (χ1v) is 9.30. The van der Waals surface area contributed by atoms with E-state index in [1.165, 1.54) is 5.56 Å². The van der Waals surface area contributed by atoms with E-state index in [9.17, 15) is 9.59 Å². The SMILES string of the molecule is CCCNC(=O)C1CCC(C(=O)NCCCc2ccccc2)CC1. The second-order valence-electron chi connectivity index (χ2n) is 6.72. The van der Waals surface area contributed by atoms with E-state index in [-0.39, 0.29) is 23.7 Å². The number of amides is 2. The van der Waals surface area contributed by atoms with Crippen LogP contribution in [0.15, 0.2) is 30.3 Å². The second kappa shape index (κ2) is 10.1. The van der Waals surface area contributed by atoms with Crippen LogP contribution in [0.2, 0.25) is 0 Å². The van der Waals surface area contributed by atoms with E-state index >= 15 is 0 Å². The summed E-state index contributed by atoms with van der Waals surface area (Å²) < 4.78 is 0. The lowest BCUT2D eigenvalue weighted by Crippen LogP contribution is -2.38. The number of benzene rings is 1. The van der Waals surface area contributed by atoms with Crippen LogP contribution in [0.4, 0.5) is 0 Å². The predicted molar refractivity (Wildman–Crippen MR) is 96.5 cm³/mol. The quantitative estimate of drug-likeness (QED) is 0.720. The number of rotatable bonds is 8. The molecule has 1 fully saturated rings. The molecule has 2 rings (SSSR count). The number of hydrogen-bond donors (Lipinski definition) is 2. The Labute approximate surface area is 145 Å². The van der Waals surface area contributed by atoms with Crippen molar-refractivity contribution in [2.45, 2.75) is 51.9 Å². The van der Waals surface area contributed by atoms with Crippen LogP contribution < -0.4 is 10.6 Å². The van der Waals surface area contributed by atoms with Gasteiger partial charge in [-0.25, -0.2) is 0 Å². The molecule has 0 aliphatic heterocycles. The highest BCUT2D eigenvalue weighted by atomic mass is 16.2. The van der Waals surface area contributed by atoms with Gasteiger partial charge in [0.2, 0.25) is 11.8 Å². The Morgan fingerprint density at radius 3 is 2.00 bits per heavy atom. The van der Waals surface area contributed by atoms with Crippen LogP contribution in [0.5, 0.6) is 0 Å². The van der Waals surface area contributed by atoms with Gasteiger partial charge in [-0.15, -0.1) is 0 Å². The minimum Gasteiger partial charge on any atom is -0.356 e. The van der Waals surface area contributed by atoms with Crippen LogP contribution in [-0.2, 0) is 16.0 Å². The fourth-order valence-electron chi connectivity index (χ4n) is 3.30. The van der Waals surface area contributed by atoms with Gasteiger partial charge in [0.1, 0.15) is 0 Å². The first-order valence-electron chi connectivity index (χ1n) is 9.30. The maximum Gasteiger partial charge on any atom is 0.223 e. The van der Waals surface area contributed by atoms with Crippen molar-refractivity contribution in [3.8, 4) is 0 Å². The lowest BCUT2D eigenvalue weighted by Gasteiger charge is -2.27. The molecular weight excluding hydrogens is 300 g/mol. The molecular formula is C20H30N2O2. The number of nitrogens with one attached hydrogen (secondary N) is 2. The first kappa shape index (κ1) is 18.5. The zero-order valence-corrected chi connectivity index (χ0v) is 14.7. The molecule has 1 saturated carbocycles. The molecule has 1 aromatic rings. The summed E-state index contributed by atoms with van der Waals surface area (Å²) in [6.45, 7) is 3.53. The predicted octanol–water partition coefficient (Wildman–Crippen LogP) is 3.07. The first-order chi connectivity index (χ1) is 11.7. The van der Waals surface area contributed by atoms with Crippen LogP contribution in [0, 0.1) is 11.8 Å². The number of aryl methyl sites for hydroxylation is 1. The van der Waals surface area contributed by atoms with Gasteiger partial charge in [-0.1, -0.05) is 37.3 Å². The van der Waals surface area contributed by atoms with Crippen molar-refractivity contribution < 1.29 is 9.59 Å².